The van der Waals surface area contributed by atoms with Crippen molar-refractivity contribution in [1.82, 2.24) is 4.90 Å². The van der Waals surface area contributed by atoms with E-state index < -0.39 is 0 Å². The summed E-state index contributed by atoms with van der Waals surface area (Å²) in [5.74, 6) is 0.400. The molecule has 21 heavy (non-hydrogen) atoms. The minimum Gasteiger partial charge on any atom is -0.507 e. The van der Waals surface area contributed by atoms with Crippen molar-refractivity contribution in [3.63, 3.8) is 0 Å². The fraction of sp³-hybridized carbons (Fsp3) is 0.333. The van der Waals surface area contributed by atoms with Crippen molar-refractivity contribution >= 4 is 19.2 Å². The number of aromatic hydroxyl groups is 1. The molecule has 0 aliphatic carbocycles. The number of aryl methyl sites for hydroxylation is 2. The molecular formula is C18H24NOP. The molecule has 1 atom stereocenters. The number of nitrogens with zero attached hydrogens (tertiary/aromatic N) is 1. The molecule has 2 aromatic rings. The summed E-state index contributed by atoms with van der Waals surface area (Å²) in [6, 6.07) is 12.3. The van der Waals surface area contributed by atoms with Crippen molar-refractivity contribution < 1.29 is 5.11 Å². The summed E-state index contributed by atoms with van der Waals surface area (Å²) in [6.07, 6.45) is 0. The number of benzene rings is 2. The Morgan fingerprint density at radius 3 is 2.62 bits per heavy atom. The summed E-state index contributed by atoms with van der Waals surface area (Å²) >= 11 is 0. The summed E-state index contributed by atoms with van der Waals surface area (Å²) in [5, 5.41) is 12.5. The minimum atomic E-state index is 0.400. The molecule has 0 bridgehead atoms. The van der Waals surface area contributed by atoms with E-state index >= 15 is 0 Å². The van der Waals surface area contributed by atoms with Crippen LogP contribution >= 0.6 is 8.58 Å². The average Bonchev–Trinajstić information content (AvgIpc) is 2.46. The maximum absolute atomic E-state index is 10.1. The monoisotopic (exact) mass is 301 g/mol. The van der Waals surface area contributed by atoms with Crippen LogP contribution in [0.2, 0.25) is 0 Å². The fourth-order valence-corrected chi connectivity index (χ4v) is 3.71. The van der Waals surface area contributed by atoms with Gasteiger partial charge in [-0.15, -0.1) is 0 Å². The number of phenols is 1. The summed E-state index contributed by atoms with van der Waals surface area (Å²) in [6.45, 7) is 8.38. The third-order valence-corrected chi connectivity index (χ3v) is 5.39. The zero-order chi connectivity index (χ0) is 15.4. The molecular weight excluding hydrogens is 277 g/mol. The molecule has 112 valence electrons. The molecule has 1 N–H and O–H groups in total. The highest BCUT2D eigenvalue weighted by atomic mass is 31.1. The first-order valence-corrected chi connectivity index (χ1v) is 8.35. The first-order chi connectivity index (χ1) is 10.0. The van der Waals surface area contributed by atoms with Gasteiger partial charge in [0, 0.05) is 11.8 Å². The van der Waals surface area contributed by atoms with Crippen LogP contribution in [0.3, 0.4) is 0 Å². The number of phenolic OH excluding ortho intramolecular Hbond substituents is 1. The predicted molar refractivity (Wildman–Crippen MR) is 93.6 cm³/mol. The molecule has 1 unspecified atom stereocenters. The van der Waals surface area contributed by atoms with Crippen LogP contribution in [0.4, 0.5) is 0 Å². The largest absolute Gasteiger partial charge is 0.507 e. The fourth-order valence-electron chi connectivity index (χ4n) is 2.33. The van der Waals surface area contributed by atoms with E-state index in [0.717, 1.165) is 18.4 Å². The Morgan fingerprint density at radius 2 is 1.90 bits per heavy atom. The second-order valence-corrected chi connectivity index (χ2v) is 6.87. The summed E-state index contributed by atoms with van der Waals surface area (Å²) < 4.78 is 0. The van der Waals surface area contributed by atoms with Crippen molar-refractivity contribution in [2.45, 2.75) is 27.3 Å². The number of hydrogen-bond donors (Lipinski definition) is 1. The second kappa shape index (κ2) is 7.06. The molecule has 2 rings (SSSR count). The van der Waals surface area contributed by atoms with Gasteiger partial charge in [0.1, 0.15) is 5.75 Å². The van der Waals surface area contributed by atoms with E-state index in [0.29, 0.717) is 14.3 Å². The topological polar surface area (TPSA) is 23.5 Å². The Kier molecular flexibility index (Phi) is 5.39. The molecule has 0 aromatic heterocycles. The quantitative estimate of drug-likeness (QED) is 0.858. The van der Waals surface area contributed by atoms with Gasteiger partial charge in [-0.25, -0.2) is 0 Å². The third-order valence-electron chi connectivity index (χ3n) is 3.75. The minimum absolute atomic E-state index is 0.400. The van der Waals surface area contributed by atoms with Gasteiger partial charge in [0.25, 0.3) is 0 Å². The smallest absolute Gasteiger partial charge is 0.123 e. The van der Waals surface area contributed by atoms with Crippen molar-refractivity contribution in [1.29, 1.82) is 0 Å². The van der Waals surface area contributed by atoms with Crippen LogP contribution in [0.1, 0.15) is 23.6 Å². The van der Waals surface area contributed by atoms with Crippen molar-refractivity contribution in [2.24, 2.45) is 0 Å². The first-order valence-electron chi connectivity index (χ1n) is 7.35. The van der Waals surface area contributed by atoms with Gasteiger partial charge in [0.05, 0.1) is 0 Å². The third kappa shape index (κ3) is 4.06. The van der Waals surface area contributed by atoms with Crippen molar-refractivity contribution in [2.75, 3.05) is 13.6 Å². The SMILES string of the molecule is CCN(C)Cc1cccc(C)c1Pc1cc(C)ccc1O. The Labute approximate surface area is 129 Å². The lowest BCUT2D eigenvalue weighted by atomic mass is 10.1. The molecule has 0 amide bonds. The summed E-state index contributed by atoms with van der Waals surface area (Å²) in [4.78, 5) is 2.30. The standard InChI is InChI=1S/C18H24NOP/c1-5-19(4)12-15-8-6-7-14(3)18(15)21-17-11-13(2)9-10-16(17)20/h6-11,20-21H,5,12H2,1-4H3. The van der Waals surface area contributed by atoms with Gasteiger partial charge in [0.2, 0.25) is 0 Å². The first kappa shape index (κ1) is 16.0. The van der Waals surface area contributed by atoms with E-state index in [1.165, 1.54) is 22.0 Å². The summed E-state index contributed by atoms with van der Waals surface area (Å²) in [7, 11) is 2.63. The molecule has 2 aromatic carbocycles. The van der Waals surface area contributed by atoms with E-state index in [1.54, 1.807) is 6.07 Å². The highest BCUT2D eigenvalue weighted by molar-refractivity contribution is 7.56. The maximum Gasteiger partial charge on any atom is 0.123 e. The molecule has 0 fully saturated rings. The van der Waals surface area contributed by atoms with Crippen LogP contribution in [0.5, 0.6) is 5.75 Å². The van der Waals surface area contributed by atoms with Gasteiger partial charge >= 0.3 is 0 Å². The van der Waals surface area contributed by atoms with E-state index in [-0.39, 0.29) is 0 Å². The van der Waals surface area contributed by atoms with Gasteiger partial charge in [-0.2, -0.15) is 0 Å². The Balaban J connectivity index is 2.36. The Bertz CT molecular complexity index is 625. The maximum atomic E-state index is 10.1. The zero-order valence-corrected chi connectivity index (χ0v) is 14.3. The molecule has 0 radical (unpaired) electrons. The molecule has 2 nitrogen and oxygen atoms in total. The molecule has 3 heteroatoms. The van der Waals surface area contributed by atoms with Crippen LogP contribution in [0, 0.1) is 13.8 Å². The normalized spacial score (nSPS) is 11.7. The lowest BCUT2D eigenvalue weighted by molar-refractivity contribution is 0.346. The Hall–Kier alpha value is -1.37. The van der Waals surface area contributed by atoms with Crippen molar-refractivity contribution in [3.05, 3.63) is 53.1 Å². The molecule has 0 aliphatic rings. The average molecular weight is 301 g/mol. The number of hydrogen-bond acceptors (Lipinski definition) is 2. The lowest BCUT2D eigenvalue weighted by Gasteiger charge is -2.19. The van der Waals surface area contributed by atoms with Gasteiger partial charge in [-0.3, -0.25) is 0 Å². The zero-order valence-electron chi connectivity index (χ0n) is 13.3. The highest BCUT2D eigenvalue weighted by Crippen LogP contribution is 2.23. The molecule has 0 aliphatic heterocycles. The molecule has 0 saturated carbocycles. The van der Waals surface area contributed by atoms with Gasteiger partial charge < -0.3 is 10.0 Å². The van der Waals surface area contributed by atoms with E-state index in [1.807, 2.05) is 6.07 Å². The van der Waals surface area contributed by atoms with Crippen LogP contribution in [0.15, 0.2) is 36.4 Å². The van der Waals surface area contributed by atoms with Crippen molar-refractivity contribution in [3.8, 4) is 5.75 Å². The van der Waals surface area contributed by atoms with E-state index in [4.69, 9.17) is 0 Å². The molecule has 0 saturated heterocycles. The van der Waals surface area contributed by atoms with Crippen LogP contribution in [-0.2, 0) is 6.54 Å². The predicted octanol–water partition coefficient (Wildman–Crippen LogP) is 3.09. The van der Waals surface area contributed by atoms with Crippen LogP contribution < -0.4 is 10.6 Å². The molecule has 0 spiro atoms. The van der Waals surface area contributed by atoms with E-state index in [9.17, 15) is 5.11 Å². The molecule has 0 heterocycles. The second-order valence-electron chi connectivity index (χ2n) is 5.59. The van der Waals surface area contributed by atoms with Crippen LogP contribution in [-0.4, -0.2) is 23.6 Å². The van der Waals surface area contributed by atoms with Gasteiger partial charge in [0.15, 0.2) is 0 Å². The van der Waals surface area contributed by atoms with Gasteiger partial charge in [-0.05, 0) is 56.0 Å². The highest BCUT2D eigenvalue weighted by Gasteiger charge is 2.11. The lowest BCUT2D eigenvalue weighted by Crippen LogP contribution is -2.22. The summed E-state index contributed by atoms with van der Waals surface area (Å²) in [5.41, 5.74) is 3.85. The number of rotatable bonds is 5. The van der Waals surface area contributed by atoms with Gasteiger partial charge in [-0.1, -0.05) is 45.3 Å². The van der Waals surface area contributed by atoms with E-state index in [2.05, 4.69) is 57.0 Å². The van der Waals surface area contributed by atoms with Crippen LogP contribution in [0.25, 0.3) is 0 Å². The Morgan fingerprint density at radius 1 is 1.14 bits per heavy atom.